The fourth-order valence-electron chi connectivity index (χ4n) is 3.83. The van der Waals surface area contributed by atoms with Crippen molar-refractivity contribution >= 4 is 31.5 Å². The molecule has 34 heavy (non-hydrogen) atoms. The number of methoxy groups -OCH3 is 1. The van der Waals surface area contributed by atoms with Gasteiger partial charge in [0, 0.05) is 16.3 Å². The number of carbonyl (C=O) groups excluding carboxylic acids is 2. The van der Waals surface area contributed by atoms with Gasteiger partial charge in [0.05, 0.1) is 13.2 Å². The summed E-state index contributed by atoms with van der Waals surface area (Å²) in [5.41, 5.74) is 9.22. The highest BCUT2D eigenvalue weighted by atomic mass is 32.1. The Balaban J connectivity index is 3.30. The molecule has 192 valence electrons. The number of rotatable bonds is 15. The van der Waals surface area contributed by atoms with Crippen LogP contribution in [-0.4, -0.2) is 44.4 Å². The molecule has 0 radical (unpaired) electrons. The minimum absolute atomic E-state index is 0.0716. The van der Waals surface area contributed by atoms with Crippen LogP contribution < -0.4 is 5.32 Å². The first-order valence-electron chi connectivity index (χ1n) is 12.2. The molecule has 1 amide bonds. The number of nitrogens with zero attached hydrogens (tertiary/aromatic N) is 4. The molecule has 0 aromatic carbocycles. The normalized spacial score (nSPS) is 15.2. The highest BCUT2D eigenvalue weighted by Crippen LogP contribution is 2.35. The third kappa shape index (κ3) is 8.08. The molecular formula is C23H41N5O4SSi. The van der Waals surface area contributed by atoms with E-state index in [-0.39, 0.29) is 35.6 Å². The van der Waals surface area contributed by atoms with E-state index in [9.17, 15) is 9.59 Å². The van der Waals surface area contributed by atoms with E-state index in [0.29, 0.717) is 11.4 Å². The Bertz CT molecular complexity index is 831. The van der Waals surface area contributed by atoms with Crippen molar-refractivity contribution in [2.24, 2.45) is 17.0 Å². The maximum Gasteiger partial charge on any atom is 0.357 e. The van der Waals surface area contributed by atoms with Crippen LogP contribution in [0, 0.1) is 11.8 Å². The lowest BCUT2D eigenvalue weighted by molar-refractivity contribution is -0.124. The lowest BCUT2D eigenvalue weighted by Gasteiger charge is -2.35. The number of esters is 1. The van der Waals surface area contributed by atoms with Crippen molar-refractivity contribution in [3.8, 4) is 0 Å². The Kier molecular flexibility index (Phi) is 12.8. The summed E-state index contributed by atoms with van der Waals surface area (Å²) in [5.74, 6) is -0.716. The summed E-state index contributed by atoms with van der Waals surface area (Å²) in [6.45, 7) is 14.4. The van der Waals surface area contributed by atoms with Gasteiger partial charge in [0.25, 0.3) is 0 Å². The average Bonchev–Trinajstić information content (AvgIpc) is 3.33. The molecule has 0 aliphatic carbocycles. The number of hydrogen-bond acceptors (Lipinski definition) is 7. The van der Waals surface area contributed by atoms with E-state index in [4.69, 9.17) is 14.7 Å². The predicted molar refractivity (Wildman–Crippen MR) is 138 cm³/mol. The van der Waals surface area contributed by atoms with E-state index in [0.717, 1.165) is 24.6 Å². The van der Waals surface area contributed by atoms with Crippen LogP contribution in [0.15, 0.2) is 10.5 Å². The maximum atomic E-state index is 13.1. The zero-order valence-corrected chi connectivity index (χ0v) is 23.6. The van der Waals surface area contributed by atoms with Gasteiger partial charge in [-0.3, -0.25) is 4.79 Å². The Morgan fingerprint density at radius 1 is 1.21 bits per heavy atom. The van der Waals surface area contributed by atoms with E-state index in [1.54, 1.807) is 5.38 Å². The molecule has 1 N–H and O–H groups in total. The number of nitrogens with one attached hydrogen (secondary N) is 1. The molecule has 0 bridgehead atoms. The van der Waals surface area contributed by atoms with Gasteiger partial charge in [-0.25, -0.2) is 9.78 Å². The number of carbonyl (C=O) groups is 2. The summed E-state index contributed by atoms with van der Waals surface area (Å²) in [4.78, 5) is 32.5. The summed E-state index contributed by atoms with van der Waals surface area (Å²) in [7, 11) is -0.684. The van der Waals surface area contributed by atoms with Crippen LogP contribution in [-0.2, 0) is 14.0 Å². The molecule has 0 fully saturated rings. The molecule has 0 saturated carbocycles. The molecule has 4 atom stereocenters. The molecule has 9 nitrogen and oxygen atoms in total. The third-order valence-corrected chi connectivity index (χ3v) is 12.3. The average molecular weight is 512 g/mol. The third-order valence-electron chi connectivity index (χ3n) is 6.75. The predicted octanol–water partition coefficient (Wildman–Crippen LogP) is 6.25. The van der Waals surface area contributed by atoms with Gasteiger partial charge in [-0.15, -0.1) is 11.3 Å². The quantitative estimate of drug-likeness (QED) is 0.0979. The van der Waals surface area contributed by atoms with E-state index in [2.05, 4.69) is 41.1 Å². The van der Waals surface area contributed by atoms with Gasteiger partial charge in [0.15, 0.2) is 14.0 Å². The monoisotopic (exact) mass is 511 g/mol. The summed E-state index contributed by atoms with van der Waals surface area (Å²) >= 11 is 1.38. The second-order valence-corrected chi connectivity index (χ2v) is 14.7. The second kappa shape index (κ2) is 14.5. The first-order chi connectivity index (χ1) is 16.1. The standard InChI is InChI=1S/C23H41N5O4SSi/c1-9-16(7)20(27-28-24)21(29)25-17(15(5)6)13-19(32-34(10-2,11-3)12-4)22-26-18(14-33-22)23(30)31-8/h14-17,19-20H,9-13H2,1-8H3,(H,25,29)/t16-,17?,19+,20?/m0/s1. The zero-order chi connectivity index (χ0) is 25.9. The number of amides is 1. The van der Waals surface area contributed by atoms with Gasteiger partial charge < -0.3 is 14.5 Å². The molecule has 2 unspecified atom stereocenters. The van der Waals surface area contributed by atoms with Crippen LogP contribution in [0.4, 0.5) is 0 Å². The van der Waals surface area contributed by atoms with Crippen molar-refractivity contribution in [2.75, 3.05) is 7.11 Å². The molecule has 1 heterocycles. The van der Waals surface area contributed by atoms with Gasteiger partial charge in [-0.2, -0.15) is 0 Å². The molecule has 1 aromatic heterocycles. The topological polar surface area (TPSA) is 126 Å². The number of ether oxygens (including phenoxy) is 1. The second-order valence-electron chi connectivity index (χ2n) is 9.04. The molecule has 1 aromatic rings. The lowest BCUT2D eigenvalue weighted by Crippen LogP contribution is -2.47. The van der Waals surface area contributed by atoms with Crippen LogP contribution in [0.2, 0.25) is 18.1 Å². The van der Waals surface area contributed by atoms with Gasteiger partial charge in [-0.1, -0.05) is 60.0 Å². The van der Waals surface area contributed by atoms with Gasteiger partial charge in [0.1, 0.15) is 11.0 Å². The number of hydrogen-bond donors (Lipinski definition) is 1. The highest BCUT2D eigenvalue weighted by molar-refractivity contribution is 7.09. The summed E-state index contributed by atoms with van der Waals surface area (Å²) in [5, 5.41) is 9.27. The van der Waals surface area contributed by atoms with Crippen LogP contribution in [0.3, 0.4) is 0 Å². The summed E-state index contributed by atoms with van der Waals surface area (Å²) in [6.07, 6.45) is 0.877. The number of thiazole rings is 1. The van der Waals surface area contributed by atoms with Crippen LogP contribution >= 0.6 is 11.3 Å². The van der Waals surface area contributed by atoms with Gasteiger partial charge in [-0.05, 0) is 41.9 Å². The minimum Gasteiger partial charge on any atom is -0.464 e. The first kappa shape index (κ1) is 30.1. The molecule has 0 aliphatic rings. The van der Waals surface area contributed by atoms with E-state index in [1.165, 1.54) is 18.4 Å². The highest BCUT2D eigenvalue weighted by Gasteiger charge is 2.36. The molecule has 0 aliphatic heterocycles. The fraction of sp³-hybridized carbons (Fsp3) is 0.783. The first-order valence-corrected chi connectivity index (χ1v) is 15.6. The Morgan fingerprint density at radius 3 is 2.29 bits per heavy atom. The number of azide groups is 1. The summed E-state index contributed by atoms with van der Waals surface area (Å²) in [6, 6.07) is 1.92. The van der Waals surface area contributed by atoms with Crippen LogP contribution in [0.5, 0.6) is 0 Å². The van der Waals surface area contributed by atoms with Crippen LogP contribution in [0.25, 0.3) is 10.4 Å². The van der Waals surface area contributed by atoms with Crippen molar-refractivity contribution in [1.82, 2.24) is 10.3 Å². The molecule has 0 spiro atoms. The number of aromatic nitrogens is 1. The largest absolute Gasteiger partial charge is 0.464 e. The van der Waals surface area contributed by atoms with Crippen LogP contribution in [0.1, 0.15) is 82.9 Å². The SMILES string of the molecule is CC[C@H](C)C(N=[N+]=[N-])C(=O)NC(C[C@@H](O[Si](CC)(CC)CC)c1nc(C(=O)OC)cs1)C(C)C. The van der Waals surface area contributed by atoms with Crippen molar-refractivity contribution in [2.45, 2.75) is 97.6 Å². The van der Waals surface area contributed by atoms with Gasteiger partial charge in [0.2, 0.25) is 5.91 Å². The van der Waals surface area contributed by atoms with E-state index >= 15 is 0 Å². The Morgan fingerprint density at radius 2 is 1.82 bits per heavy atom. The van der Waals surface area contributed by atoms with Gasteiger partial charge >= 0.3 is 5.97 Å². The van der Waals surface area contributed by atoms with Crippen molar-refractivity contribution in [1.29, 1.82) is 0 Å². The molecular weight excluding hydrogens is 470 g/mol. The van der Waals surface area contributed by atoms with E-state index in [1.807, 2.05) is 27.7 Å². The van der Waals surface area contributed by atoms with Crippen molar-refractivity contribution < 1.29 is 18.8 Å². The molecule has 1 rings (SSSR count). The van der Waals surface area contributed by atoms with Crippen molar-refractivity contribution in [3.63, 3.8) is 0 Å². The summed E-state index contributed by atoms with van der Waals surface area (Å²) < 4.78 is 11.7. The Hall–Kier alpha value is -1.94. The fourth-order valence-corrected chi connectivity index (χ4v) is 7.56. The Labute approximate surface area is 208 Å². The smallest absolute Gasteiger partial charge is 0.357 e. The zero-order valence-electron chi connectivity index (χ0n) is 21.8. The minimum atomic E-state index is -2.02. The lowest BCUT2D eigenvalue weighted by atomic mass is 9.95. The van der Waals surface area contributed by atoms with Crippen molar-refractivity contribution in [3.05, 3.63) is 26.5 Å². The maximum absolute atomic E-state index is 13.1. The molecule has 11 heteroatoms. The van der Waals surface area contributed by atoms with E-state index < -0.39 is 20.3 Å². The molecule has 0 saturated heterocycles.